The summed E-state index contributed by atoms with van der Waals surface area (Å²) in [5.74, 6) is -0.549. The maximum Gasteiger partial charge on any atom is 0.389 e. The van der Waals surface area contributed by atoms with Crippen molar-refractivity contribution in [3.63, 3.8) is 0 Å². The van der Waals surface area contributed by atoms with Crippen molar-refractivity contribution in [1.82, 2.24) is 0 Å². The molecule has 0 fully saturated rings. The Morgan fingerprint density at radius 2 is 2.06 bits per heavy atom. The summed E-state index contributed by atoms with van der Waals surface area (Å²) in [6, 6.07) is 2.33. The summed E-state index contributed by atoms with van der Waals surface area (Å²) in [6.45, 7) is 0. The lowest BCUT2D eigenvalue weighted by atomic mass is 10.0. The maximum absolute atomic E-state index is 12.0. The Morgan fingerprint density at radius 3 is 2.56 bits per heavy atom. The zero-order valence-corrected chi connectivity index (χ0v) is 9.15. The summed E-state index contributed by atoms with van der Waals surface area (Å²) in [4.78, 5) is 9.71. The van der Waals surface area contributed by atoms with Gasteiger partial charge in [-0.3, -0.25) is 10.1 Å². The number of nitro benzene ring substituents is 1. The van der Waals surface area contributed by atoms with Crippen LogP contribution in [0.1, 0.15) is 24.4 Å². The average molecular weight is 264 g/mol. The van der Waals surface area contributed by atoms with E-state index in [1.807, 2.05) is 0 Å². The SMILES string of the molecule is N[C@@H](CCC(F)(F)F)c1ccc(O)c([N+](=O)[O-])c1. The zero-order valence-electron chi connectivity index (χ0n) is 9.15. The molecule has 5 nitrogen and oxygen atoms in total. The van der Waals surface area contributed by atoms with Crippen LogP contribution in [-0.4, -0.2) is 16.2 Å². The van der Waals surface area contributed by atoms with Gasteiger partial charge in [-0.2, -0.15) is 13.2 Å². The highest BCUT2D eigenvalue weighted by molar-refractivity contribution is 5.48. The molecule has 0 bridgehead atoms. The van der Waals surface area contributed by atoms with Gasteiger partial charge in [0.2, 0.25) is 0 Å². The fourth-order valence-corrected chi connectivity index (χ4v) is 1.40. The Bertz CT molecular complexity index is 448. The molecular formula is C10H11F3N2O3. The van der Waals surface area contributed by atoms with Gasteiger partial charge in [0.05, 0.1) is 4.92 Å². The van der Waals surface area contributed by atoms with Gasteiger partial charge in [-0.25, -0.2) is 0 Å². The van der Waals surface area contributed by atoms with Crippen molar-refractivity contribution < 1.29 is 23.2 Å². The van der Waals surface area contributed by atoms with Crippen LogP contribution in [0.2, 0.25) is 0 Å². The number of nitrogens with two attached hydrogens (primary N) is 1. The van der Waals surface area contributed by atoms with Gasteiger partial charge in [0.15, 0.2) is 5.75 Å². The first-order chi connectivity index (χ1) is 8.20. The van der Waals surface area contributed by atoms with Crippen LogP contribution in [0.15, 0.2) is 18.2 Å². The van der Waals surface area contributed by atoms with Gasteiger partial charge in [0.25, 0.3) is 0 Å². The van der Waals surface area contributed by atoms with Crippen LogP contribution in [0.3, 0.4) is 0 Å². The third-order valence-corrected chi connectivity index (χ3v) is 2.36. The van der Waals surface area contributed by atoms with Crippen LogP contribution in [0.5, 0.6) is 5.75 Å². The maximum atomic E-state index is 12.0. The lowest BCUT2D eigenvalue weighted by molar-refractivity contribution is -0.385. The summed E-state index contributed by atoms with van der Waals surface area (Å²) in [7, 11) is 0. The molecule has 1 atom stereocenters. The lowest BCUT2D eigenvalue weighted by Gasteiger charge is -2.13. The van der Waals surface area contributed by atoms with Gasteiger partial charge in [0, 0.05) is 18.5 Å². The Kier molecular flexibility index (Phi) is 4.12. The molecule has 0 saturated heterocycles. The van der Waals surface area contributed by atoms with Crippen molar-refractivity contribution in [3.8, 4) is 5.75 Å². The van der Waals surface area contributed by atoms with E-state index in [1.165, 1.54) is 6.07 Å². The van der Waals surface area contributed by atoms with Crippen molar-refractivity contribution >= 4 is 5.69 Å². The van der Waals surface area contributed by atoms with E-state index in [0.29, 0.717) is 0 Å². The molecule has 0 aliphatic rings. The van der Waals surface area contributed by atoms with E-state index in [2.05, 4.69) is 0 Å². The van der Waals surface area contributed by atoms with Gasteiger partial charge in [0.1, 0.15) is 0 Å². The average Bonchev–Trinajstić information content (AvgIpc) is 2.25. The Balaban J connectivity index is 2.83. The lowest BCUT2D eigenvalue weighted by Crippen LogP contribution is -2.15. The first-order valence-electron chi connectivity index (χ1n) is 5.00. The van der Waals surface area contributed by atoms with Crippen LogP contribution in [0.25, 0.3) is 0 Å². The van der Waals surface area contributed by atoms with Crippen LogP contribution in [-0.2, 0) is 0 Å². The molecule has 0 aromatic heterocycles. The predicted molar refractivity (Wildman–Crippen MR) is 57.0 cm³/mol. The fourth-order valence-electron chi connectivity index (χ4n) is 1.40. The largest absolute Gasteiger partial charge is 0.502 e. The molecule has 0 radical (unpaired) electrons. The molecule has 0 amide bonds. The second kappa shape index (κ2) is 5.21. The number of aromatic hydroxyl groups is 1. The topological polar surface area (TPSA) is 89.4 Å². The predicted octanol–water partition coefficient (Wildman–Crippen LogP) is 2.64. The minimum absolute atomic E-state index is 0.184. The van der Waals surface area contributed by atoms with Crippen molar-refractivity contribution in [3.05, 3.63) is 33.9 Å². The summed E-state index contributed by atoms with van der Waals surface area (Å²) in [6.07, 6.45) is -5.76. The second-order valence-corrected chi connectivity index (χ2v) is 3.77. The molecule has 0 unspecified atom stereocenters. The minimum atomic E-state index is -4.32. The molecule has 0 aliphatic carbocycles. The number of hydrogen-bond acceptors (Lipinski definition) is 4. The van der Waals surface area contributed by atoms with Crippen LogP contribution in [0, 0.1) is 10.1 Å². The van der Waals surface area contributed by atoms with E-state index in [4.69, 9.17) is 5.73 Å². The molecule has 0 heterocycles. The molecule has 1 aromatic rings. The number of nitrogens with zero attached hydrogens (tertiary/aromatic N) is 1. The van der Waals surface area contributed by atoms with Crippen molar-refractivity contribution in [2.24, 2.45) is 5.73 Å². The number of phenols is 1. The van der Waals surface area contributed by atoms with Crippen molar-refractivity contribution in [1.29, 1.82) is 0 Å². The van der Waals surface area contributed by atoms with E-state index >= 15 is 0 Å². The number of phenolic OH excluding ortho intramolecular Hbond substituents is 1. The standard InChI is InChI=1S/C10H11F3N2O3/c11-10(12,13)4-3-7(14)6-1-2-9(16)8(5-6)15(17)18/h1-2,5,7,16H,3-4,14H2/t7-/m0/s1. The highest BCUT2D eigenvalue weighted by Gasteiger charge is 2.28. The highest BCUT2D eigenvalue weighted by Crippen LogP contribution is 2.31. The molecule has 8 heteroatoms. The molecule has 0 aliphatic heterocycles. The zero-order chi connectivity index (χ0) is 13.9. The summed E-state index contributed by atoms with van der Waals surface area (Å²) in [5.41, 5.74) is 5.13. The van der Waals surface area contributed by atoms with E-state index in [1.54, 1.807) is 0 Å². The molecule has 0 saturated carbocycles. The van der Waals surface area contributed by atoms with E-state index in [9.17, 15) is 28.4 Å². The van der Waals surface area contributed by atoms with Gasteiger partial charge in [-0.15, -0.1) is 0 Å². The Morgan fingerprint density at radius 1 is 1.44 bits per heavy atom. The molecule has 0 spiro atoms. The molecule has 1 aromatic carbocycles. The Hall–Kier alpha value is -1.83. The van der Waals surface area contributed by atoms with Crippen LogP contribution >= 0.6 is 0 Å². The number of hydrogen-bond donors (Lipinski definition) is 2. The normalized spacial score (nSPS) is 13.3. The summed E-state index contributed by atoms with van der Waals surface area (Å²) < 4.78 is 36.0. The number of rotatable bonds is 4. The molecule has 1 rings (SSSR count). The number of alkyl halides is 3. The van der Waals surface area contributed by atoms with Crippen molar-refractivity contribution in [2.45, 2.75) is 25.1 Å². The van der Waals surface area contributed by atoms with Crippen LogP contribution < -0.4 is 5.73 Å². The van der Waals surface area contributed by atoms with Gasteiger partial charge in [-0.1, -0.05) is 6.07 Å². The van der Waals surface area contributed by atoms with Crippen LogP contribution in [0.4, 0.5) is 18.9 Å². The molecule has 3 N–H and O–H groups in total. The third-order valence-electron chi connectivity index (χ3n) is 2.36. The Labute approximate surface area is 100 Å². The quantitative estimate of drug-likeness (QED) is 0.646. The number of halogens is 3. The number of nitro groups is 1. The summed E-state index contributed by atoms with van der Waals surface area (Å²) >= 11 is 0. The van der Waals surface area contributed by atoms with Crippen molar-refractivity contribution in [2.75, 3.05) is 0 Å². The molecule has 18 heavy (non-hydrogen) atoms. The van der Waals surface area contributed by atoms with Gasteiger partial charge in [-0.05, 0) is 18.1 Å². The molecular weight excluding hydrogens is 253 g/mol. The third kappa shape index (κ3) is 3.88. The summed E-state index contributed by atoms with van der Waals surface area (Å²) in [5, 5.41) is 19.7. The molecule has 100 valence electrons. The second-order valence-electron chi connectivity index (χ2n) is 3.77. The fraction of sp³-hybridized carbons (Fsp3) is 0.400. The first kappa shape index (κ1) is 14.2. The van der Waals surface area contributed by atoms with E-state index in [-0.39, 0.29) is 12.0 Å². The smallest absolute Gasteiger partial charge is 0.389 e. The number of benzene rings is 1. The highest BCUT2D eigenvalue weighted by atomic mass is 19.4. The van der Waals surface area contributed by atoms with Gasteiger partial charge < -0.3 is 10.8 Å². The van der Waals surface area contributed by atoms with Gasteiger partial charge >= 0.3 is 11.9 Å². The monoisotopic (exact) mass is 264 g/mol. The first-order valence-corrected chi connectivity index (χ1v) is 5.00. The van der Waals surface area contributed by atoms with E-state index < -0.39 is 35.0 Å². The minimum Gasteiger partial charge on any atom is -0.502 e. The van der Waals surface area contributed by atoms with E-state index in [0.717, 1.165) is 12.1 Å².